The summed E-state index contributed by atoms with van der Waals surface area (Å²) in [6.07, 6.45) is 1.29. The lowest BCUT2D eigenvalue weighted by molar-refractivity contribution is -0.121. The van der Waals surface area contributed by atoms with Crippen LogP contribution in [0, 0.1) is 6.92 Å². The molecule has 1 aromatic carbocycles. The number of thiophene rings is 1. The highest BCUT2D eigenvalue weighted by Crippen LogP contribution is 2.26. The molecule has 0 aliphatic heterocycles. The van der Waals surface area contributed by atoms with Gasteiger partial charge in [0.15, 0.2) is 0 Å². The summed E-state index contributed by atoms with van der Waals surface area (Å²) in [5, 5.41) is 7.16. The van der Waals surface area contributed by atoms with Crippen LogP contribution in [0.25, 0.3) is 0 Å². The Balaban J connectivity index is 1.95. The molecule has 0 saturated heterocycles. The number of carbonyl (C=O) groups excluding carboxylic acids is 1. The molecule has 4 heteroatoms. The summed E-state index contributed by atoms with van der Waals surface area (Å²) in [6, 6.07) is 8.01. The smallest absolute Gasteiger partial charge is 0.220 e. The molecule has 0 fully saturated rings. The maximum absolute atomic E-state index is 12.1. The predicted octanol–water partition coefficient (Wildman–Crippen LogP) is 3.88. The van der Waals surface area contributed by atoms with E-state index < -0.39 is 0 Å². The Morgan fingerprint density at radius 1 is 1.38 bits per heavy atom. The molecule has 3 nitrogen and oxygen atoms in total. The van der Waals surface area contributed by atoms with E-state index in [1.54, 1.807) is 18.4 Å². The van der Waals surface area contributed by atoms with Gasteiger partial charge in [0.25, 0.3) is 0 Å². The van der Waals surface area contributed by atoms with Gasteiger partial charge in [-0.15, -0.1) is 0 Å². The second-order valence-electron chi connectivity index (χ2n) is 5.17. The van der Waals surface area contributed by atoms with Crippen molar-refractivity contribution in [2.24, 2.45) is 0 Å². The SMILES string of the molecule is COc1ccc(C)cc1C(C)NC(=O)CCc1ccsc1. The molecule has 0 aliphatic rings. The molecule has 1 aromatic heterocycles. The van der Waals surface area contributed by atoms with Crippen LogP contribution in [0.4, 0.5) is 0 Å². The maximum Gasteiger partial charge on any atom is 0.220 e. The van der Waals surface area contributed by atoms with Crippen molar-refractivity contribution in [3.63, 3.8) is 0 Å². The molecule has 2 rings (SSSR count). The summed E-state index contributed by atoms with van der Waals surface area (Å²) in [7, 11) is 1.65. The van der Waals surface area contributed by atoms with Gasteiger partial charge in [-0.25, -0.2) is 0 Å². The fourth-order valence-electron chi connectivity index (χ4n) is 2.28. The molecule has 112 valence electrons. The van der Waals surface area contributed by atoms with E-state index in [-0.39, 0.29) is 11.9 Å². The number of ether oxygens (including phenoxy) is 1. The number of nitrogens with one attached hydrogen (secondary N) is 1. The van der Waals surface area contributed by atoms with Gasteiger partial charge < -0.3 is 10.1 Å². The van der Waals surface area contributed by atoms with Crippen LogP contribution in [0.1, 0.15) is 36.1 Å². The zero-order chi connectivity index (χ0) is 15.2. The van der Waals surface area contributed by atoms with Gasteiger partial charge in [0.1, 0.15) is 5.75 Å². The van der Waals surface area contributed by atoms with Crippen molar-refractivity contribution in [2.45, 2.75) is 32.7 Å². The predicted molar refractivity (Wildman–Crippen MR) is 86.9 cm³/mol. The third-order valence-electron chi connectivity index (χ3n) is 3.45. The molecule has 0 radical (unpaired) electrons. The third kappa shape index (κ3) is 4.33. The van der Waals surface area contributed by atoms with Gasteiger partial charge in [0, 0.05) is 12.0 Å². The van der Waals surface area contributed by atoms with Crippen molar-refractivity contribution in [3.05, 3.63) is 51.7 Å². The lowest BCUT2D eigenvalue weighted by Crippen LogP contribution is -2.27. The van der Waals surface area contributed by atoms with Crippen molar-refractivity contribution >= 4 is 17.2 Å². The Hall–Kier alpha value is -1.81. The second-order valence-corrected chi connectivity index (χ2v) is 5.95. The Morgan fingerprint density at radius 3 is 2.86 bits per heavy atom. The first kappa shape index (κ1) is 15.6. The largest absolute Gasteiger partial charge is 0.496 e. The van der Waals surface area contributed by atoms with Crippen molar-refractivity contribution < 1.29 is 9.53 Å². The highest BCUT2D eigenvalue weighted by Gasteiger charge is 2.14. The summed E-state index contributed by atoms with van der Waals surface area (Å²) < 4.78 is 5.37. The van der Waals surface area contributed by atoms with Crippen LogP contribution in [-0.4, -0.2) is 13.0 Å². The Bertz CT molecular complexity index is 593. The van der Waals surface area contributed by atoms with Crippen LogP contribution in [0.5, 0.6) is 5.75 Å². The highest BCUT2D eigenvalue weighted by molar-refractivity contribution is 7.07. The van der Waals surface area contributed by atoms with E-state index in [4.69, 9.17) is 4.74 Å². The molecule has 0 saturated carbocycles. The fraction of sp³-hybridized carbons (Fsp3) is 0.353. The van der Waals surface area contributed by atoms with Gasteiger partial charge in [-0.1, -0.05) is 17.7 Å². The number of amides is 1. The van der Waals surface area contributed by atoms with Gasteiger partial charge >= 0.3 is 0 Å². The standard InChI is InChI=1S/C17H21NO2S/c1-12-4-6-16(20-3)15(10-12)13(2)18-17(19)7-5-14-8-9-21-11-14/h4,6,8-11,13H,5,7H2,1-3H3,(H,18,19). The monoisotopic (exact) mass is 303 g/mol. The normalized spacial score (nSPS) is 12.0. The molecular weight excluding hydrogens is 282 g/mol. The molecule has 1 atom stereocenters. The van der Waals surface area contributed by atoms with E-state index in [9.17, 15) is 4.79 Å². The maximum atomic E-state index is 12.1. The lowest BCUT2D eigenvalue weighted by Gasteiger charge is -2.18. The van der Waals surface area contributed by atoms with Gasteiger partial charge in [0.05, 0.1) is 13.2 Å². The number of hydrogen-bond donors (Lipinski definition) is 1. The fourth-order valence-corrected chi connectivity index (χ4v) is 2.98. The molecule has 2 aromatic rings. The van der Waals surface area contributed by atoms with Crippen LogP contribution in [0.2, 0.25) is 0 Å². The lowest BCUT2D eigenvalue weighted by atomic mass is 10.0. The van der Waals surface area contributed by atoms with E-state index in [1.807, 2.05) is 31.4 Å². The average Bonchev–Trinajstić information content (AvgIpc) is 2.98. The summed E-state index contributed by atoms with van der Waals surface area (Å²) in [6.45, 7) is 4.02. The minimum atomic E-state index is -0.0603. The minimum Gasteiger partial charge on any atom is -0.496 e. The molecule has 1 unspecified atom stereocenters. The number of aryl methyl sites for hydroxylation is 2. The van der Waals surface area contributed by atoms with Gasteiger partial charge in [-0.05, 0) is 48.7 Å². The third-order valence-corrected chi connectivity index (χ3v) is 4.18. The van der Waals surface area contributed by atoms with Crippen LogP contribution in [0.15, 0.2) is 35.0 Å². The van der Waals surface area contributed by atoms with Crippen LogP contribution < -0.4 is 10.1 Å². The summed E-state index contributed by atoms with van der Waals surface area (Å²) in [5.74, 6) is 0.878. The molecule has 0 bridgehead atoms. The van der Waals surface area contributed by atoms with E-state index in [0.29, 0.717) is 6.42 Å². The average molecular weight is 303 g/mol. The van der Waals surface area contributed by atoms with Crippen molar-refractivity contribution in [1.82, 2.24) is 5.32 Å². The van der Waals surface area contributed by atoms with Gasteiger partial charge in [0.2, 0.25) is 5.91 Å². The van der Waals surface area contributed by atoms with E-state index in [0.717, 1.165) is 23.3 Å². The zero-order valence-corrected chi connectivity index (χ0v) is 13.5. The molecule has 1 N–H and O–H groups in total. The number of hydrogen-bond acceptors (Lipinski definition) is 3. The first-order valence-corrected chi connectivity index (χ1v) is 7.99. The quantitative estimate of drug-likeness (QED) is 0.879. The van der Waals surface area contributed by atoms with Crippen molar-refractivity contribution in [1.29, 1.82) is 0 Å². The number of rotatable bonds is 6. The van der Waals surface area contributed by atoms with Gasteiger partial charge in [-0.2, -0.15) is 11.3 Å². The summed E-state index contributed by atoms with van der Waals surface area (Å²) >= 11 is 1.66. The molecule has 0 aliphatic carbocycles. The first-order chi connectivity index (χ1) is 10.1. The molecule has 21 heavy (non-hydrogen) atoms. The Morgan fingerprint density at radius 2 is 2.19 bits per heavy atom. The topological polar surface area (TPSA) is 38.3 Å². The Kier molecular flexibility index (Phi) is 5.39. The number of carbonyl (C=O) groups is 1. The molecular formula is C17H21NO2S. The first-order valence-electron chi connectivity index (χ1n) is 7.05. The molecule has 0 spiro atoms. The van der Waals surface area contributed by atoms with E-state index >= 15 is 0 Å². The summed E-state index contributed by atoms with van der Waals surface area (Å²) in [5.41, 5.74) is 3.39. The second kappa shape index (κ2) is 7.27. The number of methoxy groups -OCH3 is 1. The van der Waals surface area contributed by atoms with Crippen molar-refractivity contribution in [2.75, 3.05) is 7.11 Å². The Labute approximate surface area is 130 Å². The summed E-state index contributed by atoms with van der Waals surface area (Å²) in [4.78, 5) is 12.1. The van der Waals surface area contributed by atoms with Crippen LogP contribution in [-0.2, 0) is 11.2 Å². The van der Waals surface area contributed by atoms with E-state index in [1.165, 1.54) is 5.56 Å². The van der Waals surface area contributed by atoms with Crippen molar-refractivity contribution in [3.8, 4) is 5.75 Å². The molecule has 1 heterocycles. The molecule has 1 amide bonds. The van der Waals surface area contributed by atoms with Crippen LogP contribution in [0.3, 0.4) is 0 Å². The van der Waals surface area contributed by atoms with Crippen LogP contribution >= 0.6 is 11.3 Å². The highest BCUT2D eigenvalue weighted by atomic mass is 32.1. The van der Waals surface area contributed by atoms with E-state index in [2.05, 4.69) is 22.8 Å². The zero-order valence-electron chi connectivity index (χ0n) is 12.7. The van der Waals surface area contributed by atoms with Gasteiger partial charge in [-0.3, -0.25) is 4.79 Å². The minimum absolute atomic E-state index is 0.0603. The number of benzene rings is 1.